The Morgan fingerprint density at radius 1 is 0.444 bits per heavy atom. The molecule has 3 unspecified atom stereocenters. The molecule has 6 heteroatoms. The molecule has 0 fully saturated rings. The average Bonchev–Trinajstić information content (AvgIpc) is 3.28. The largest absolute Gasteiger partial charge is 0.462 e. The van der Waals surface area contributed by atoms with Crippen LogP contribution in [0, 0.1) is 0 Å². The highest BCUT2D eigenvalue weighted by atomic mass is 16.5. The molecule has 0 saturated carbocycles. The predicted molar refractivity (Wildman–Crippen MR) is 273 cm³/mol. The second-order valence-electron chi connectivity index (χ2n) is 19.3. The Kier molecular flexibility index (Phi) is 50.0. The minimum atomic E-state index is -0.789. The van der Waals surface area contributed by atoms with E-state index in [1.807, 2.05) is 0 Å². The molecule has 3 N–H and O–H groups in total. The summed E-state index contributed by atoms with van der Waals surface area (Å²) >= 11 is 0. The predicted octanol–water partition coefficient (Wildman–Crippen LogP) is 17.1. The molecule has 0 spiro atoms. The monoisotopic (exact) mass is 888 g/mol. The Hall–Kier alpha value is -1.66. The zero-order chi connectivity index (χ0) is 45.9. The molecular weight excluding hydrogens is 779 g/mol. The molecule has 1 amide bonds. The lowest BCUT2D eigenvalue weighted by Crippen LogP contribution is -2.46. The normalized spacial score (nSPS) is 13.3. The van der Waals surface area contributed by atoms with Gasteiger partial charge in [-0.1, -0.05) is 238 Å². The molecular formula is C57H109NO5. The van der Waals surface area contributed by atoms with Crippen LogP contribution < -0.4 is 5.32 Å². The summed E-state index contributed by atoms with van der Waals surface area (Å²) in [5.41, 5.74) is 0. The van der Waals surface area contributed by atoms with E-state index in [1.54, 1.807) is 0 Å². The fourth-order valence-electron chi connectivity index (χ4n) is 8.72. The van der Waals surface area contributed by atoms with Crippen molar-refractivity contribution in [2.45, 2.75) is 322 Å². The maximum absolute atomic E-state index is 13.2. The third-order valence-corrected chi connectivity index (χ3v) is 13.0. The van der Waals surface area contributed by atoms with Crippen molar-refractivity contribution in [3.8, 4) is 0 Å². The van der Waals surface area contributed by atoms with Crippen LogP contribution >= 0.6 is 0 Å². The Labute approximate surface area is 392 Å². The first kappa shape index (κ1) is 61.3. The van der Waals surface area contributed by atoms with Gasteiger partial charge in [0.25, 0.3) is 0 Å². The van der Waals surface area contributed by atoms with Gasteiger partial charge in [-0.05, 0) is 77.0 Å². The first-order chi connectivity index (χ1) is 31.0. The number of aliphatic hydroxyl groups is 2. The van der Waals surface area contributed by atoms with Crippen molar-refractivity contribution in [1.29, 1.82) is 0 Å². The summed E-state index contributed by atoms with van der Waals surface area (Å²) in [7, 11) is 0. The Bertz CT molecular complexity index is 997. The quantitative estimate of drug-likeness (QED) is 0.0321. The van der Waals surface area contributed by atoms with Gasteiger partial charge in [0.2, 0.25) is 5.91 Å². The third-order valence-electron chi connectivity index (χ3n) is 13.0. The lowest BCUT2D eigenvalue weighted by molar-refractivity contribution is -0.151. The van der Waals surface area contributed by atoms with Crippen LogP contribution in [0.15, 0.2) is 24.3 Å². The van der Waals surface area contributed by atoms with Crippen LogP contribution in [0.5, 0.6) is 0 Å². The summed E-state index contributed by atoms with van der Waals surface area (Å²) in [6.45, 7) is 6.48. The molecule has 0 aliphatic rings. The number of hydrogen-bond donors (Lipinski definition) is 3. The van der Waals surface area contributed by atoms with E-state index < -0.39 is 18.2 Å². The summed E-state index contributed by atoms with van der Waals surface area (Å²) in [4.78, 5) is 26.2. The highest BCUT2D eigenvalue weighted by molar-refractivity contribution is 5.77. The van der Waals surface area contributed by atoms with Crippen LogP contribution in [-0.2, 0) is 14.3 Å². The number of carbonyl (C=O) groups excluding carboxylic acids is 2. The van der Waals surface area contributed by atoms with E-state index in [9.17, 15) is 19.8 Å². The number of esters is 1. The number of aliphatic hydroxyl groups excluding tert-OH is 2. The maximum Gasteiger partial charge on any atom is 0.306 e. The van der Waals surface area contributed by atoms with Crippen LogP contribution in [0.4, 0.5) is 0 Å². The first-order valence-corrected chi connectivity index (χ1v) is 28.1. The van der Waals surface area contributed by atoms with Crippen molar-refractivity contribution >= 4 is 11.9 Å². The van der Waals surface area contributed by atoms with E-state index in [4.69, 9.17) is 4.74 Å². The van der Waals surface area contributed by atoms with Crippen molar-refractivity contribution in [3.05, 3.63) is 24.3 Å². The van der Waals surface area contributed by atoms with Gasteiger partial charge in [0, 0.05) is 6.42 Å². The summed E-state index contributed by atoms with van der Waals surface area (Å²) in [6, 6.07) is -0.703. The number of carbonyl (C=O) groups is 2. The number of allylic oxidation sites excluding steroid dienone is 4. The van der Waals surface area contributed by atoms with Gasteiger partial charge in [-0.15, -0.1) is 0 Å². The summed E-state index contributed by atoms with van der Waals surface area (Å²) in [5, 5.41) is 23.8. The topological polar surface area (TPSA) is 95.9 Å². The van der Waals surface area contributed by atoms with E-state index in [-0.39, 0.29) is 24.9 Å². The van der Waals surface area contributed by atoms with E-state index in [2.05, 4.69) is 50.4 Å². The van der Waals surface area contributed by atoms with Gasteiger partial charge in [0.05, 0.1) is 25.2 Å². The van der Waals surface area contributed by atoms with E-state index in [1.165, 1.54) is 193 Å². The van der Waals surface area contributed by atoms with Crippen LogP contribution in [-0.4, -0.2) is 46.9 Å². The number of amides is 1. The zero-order valence-corrected chi connectivity index (χ0v) is 42.5. The molecule has 0 heterocycles. The van der Waals surface area contributed by atoms with Crippen molar-refractivity contribution in [2.75, 3.05) is 6.61 Å². The Morgan fingerprint density at radius 3 is 1.17 bits per heavy atom. The van der Waals surface area contributed by atoms with Gasteiger partial charge in [-0.25, -0.2) is 0 Å². The standard InChI is InChI=1S/C57H109NO5/c1-4-7-10-13-16-19-22-24-26-28-30-32-34-37-40-43-46-49-55(60)54(52-59)58-56(61)51-53(48-45-42-39-36-21-18-15-12-9-6-3)63-57(62)50-47-44-41-38-35-33-31-29-27-25-23-20-17-14-11-8-5-2/h18,21,25,27,53-55,59-60H,4-17,19-20,22-24,26,28-52H2,1-3H3,(H,58,61)/b21-18-,27-25+. The molecule has 0 aromatic rings. The molecule has 0 rings (SSSR count). The minimum absolute atomic E-state index is 0.0691. The highest BCUT2D eigenvalue weighted by Crippen LogP contribution is 2.18. The summed E-state index contributed by atoms with van der Waals surface area (Å²) < 4.78 is 5.93. The van der Waals surface area contributed by atoms with Crippen molar-refractivity contribution in [1.82, 2.24) is 5.32 Å². The number of rotatable bonds is 51. The molecule has 0 radical (unpaired) electrons. The summed E-state index contributed by atoms with van der Waals surface area (Å²) in [5.74, 6) is -0.482. The second kappa shape index (κ2) is 51.3. The second-order valence-corrected chi connectivity index (χ2v) is 19.3. The van der Waals surface area contributed by atoms with Gasteiger partial charge < -0.3 is 20.3 Å². The number of ether oxygens (including phenoxy) is 1. The van der Waals surface area contributed by atoms with Crippen LogP contribution in [0.1, 0.15) is 303 Å². The fraction of sp³-hybridized carbons (Fsp3) is 0.895. The highest BCUT2D eigenvalue weighted by Gasteiger charge is 2.24. The van der Waals surface area contributed by atoms with Crippen molar-refractivity contribution in [3.63, 3.8) is 0 Å². The molecule has 0 bridgehead atoms. The summed E-state index contributed by atoms with van der Waals surface area (Å²) in [6.07, 6.45) is 59.6. The first-order valence-electron chi connectivity index (χ1n) is 28.1. The Balaban J connectivity index is 4.42. The van der Waals surface area contributed by atoms with Gasteiger partial charge >= 0.3 is 5.97 Å². The number of nitrogens with one attached hydrogen (secondary N) is 1. The number of hydrogen-bond acceptors (Lipinski definition) is 5. The zero-order valence-electron chi connectivity index (χ0n) is 42.5. The van der Waals surface area contributed by atoms with Gasteiger partial charge in [-0.2, -0.15) is 0 Å². The molecule has 3 atom stereocenters. The van der Waals surface area contributed by atoms with Crippen molar-refractivity contribution < 1.29 is 24.5 Å². The average molecular weight is 889 g/mol. The molecule has 63 heavy (non-hydrogen) atoms. The Morgan fingerprint density at radius 2 is 0.762 bits per heavy atom. The van der Waals surface area contributed by atoms with Gasteiger partial charge in [0.1, 0.15) is 6.10 Å². The van der Waals surface area contributed by atoms with E-state index in [0.29, 0.717) is 19.3 Å². The van der Waals surface area contributed by atoms with Gasteiger partial charge in [-0.3, -0.25) is 9.59 Å². The smallest absolute Gasteiger partial charge is 0.306 e. The molecule has 0 aromatic carbocycles. The number of unbranched alkanes of at least 4 members (excludes halogenated alkanes) is 35. The molecule has 0 aromatic heterocycles. The van der Waals surface area contributed by atoms with Crippen LogP contribution in [0.3, 0.4) is 0 Å². The van der Waals surface area contributed by atoms with Crippen molar-refractivity contribution in [2.24, 2.45) is 0 Å². The fourth-order valence-corrected chi connectivity index (χ4v) is 8.72. The van der Waals surface area contributed by atoms with E-state index >= 15 is 0 Å². The van der Waals surface area contributed by atoms with E-state index in [0.717, 1.165) is 64.2 Å². The SMILES string of the molecule is CCCCC/C=C\CCCCCC(CC(=O)NC(CO)C(O)CCCCCCCCCCCCCCCCCCC)OC(=O)CCCCCCCCC/C=C/CCCCCCCC. The maximum atomic E-state index is 13.2. The third kappa shape index (κ3) is 46.7. The molecule has 372 valence electrons. The molecule has 0 saturated heterocycles. The lowest BCUT2D eigenvalue weighted by Gasteiger charge is -2.24. The van der Waals surface area contributed by atoms with Crippen LogP contribution in [0.2, 0.25) is 0 Å². The minimum Gasteiger partial charge on any atom is -0.462 e. The van der Waals surface area contributed by atoms with Gasteiger partial charge in [0.15, 0.2) is 0 Å². The molecule has 6 nitrogen and oxygen atoms in total. The van der Waals surface area contributed by atoms with Crippen LogP contribution in [0.25, 0.3) is 0 Å². The molecule has 0 aliphatic heterocycles. The molecule has 0 aliphatic carbocycles. The lowest BCUT2D eigenvalue weighted by atomic mass is 10.0.